The molecule has 0 saturated heterocycles. The normalized spacial score (nSPS) is 13.2. The topological polar surface area (TPSA) is 95.9 Å². The van der Waals surface area contributed by atoms with E-state index in [-0.39, 0.29) is 24.9 Å². The second kappa shape index (κ2) is 47.6. The molecule has 6 nitrogen and oxygen atoms in total. The predicted octanol–water partition coefficient (Wildman–Crippen LogP) is 15.7. The molecular formula is C53H103NO5. The van der Waals surface area contributed by atoms with Crippen molar-refractivity contribution in [3.63, 3.8) is 0 Å². The van der Waals surface area contributed by atoms with Gasteiger partial charge in [0.1, 0.15) is 6.10 Å². The quantitative estimate of drug-likeness (QED) is 0.0322. The number of hydrogen-bond donors (Lipinski definition) is 3. The molecular weight excluding hydrogens is 731 g/mol. The van der Waals surface area contributed by atoms with Gasteiger partial charge in [-0.25, -0.2) is 0 Å². The first-order chi connectivity index (χ1) is 29.0. The Hall–Kier alpha value is -1.40. The fourth-order valence-electron chi connectivity index (χ4n) is 8.31. The molecule has 0 aromatic carbocycles. The van der Waals surface area contributed by atoms with Crippen molar-refractivity contribution in [1.29, 1.82) is 0 Å². The first-order valence-corrected chi connectivity index (χ1v) is 26.4. The minimum Gasteiger partial charge on any atom is -0.462 e. The van der Waals surface area contributed by atoms with E-state index < -0.39 is 18.2 Å². The third-order valence-electron chi connectivity index (χ3n) is 12.3. The Kier molecular flexibility index (Phi) is 46.5. The molecule has 0 spiro atoms. The maximum Gasteiger partial charge on any atom is 0.306 e. The number of hydrogen-bond acceptors (Lipinski definition) is 5. The fraction of sp³-hybridized carbons (Fsp3) is 0.925. The molecule has 0 bridgehead atoms. The summed E-state index contributed by atoms with van der Waals surface area (Å²) in [6, 6.07) is -0.697. The molecule has 0 aromatic rings. The van der Waals surface area contributed by atoms with Gasteiger partial charge in [-0.3, -0.25) is 9.59 Å². The second-order valence-electron chi connectivity index (χ2n) is 18.3. The number of amides is 1. The van der Waals surface area contributed by atoms with Crippen LogP contribution in [0.4, 0.5) is 0 Å². The van der Waals surface area contributed by atoms with Crippen molar-refractivity contribution >= 4 is 11.9 Å². The molecule has 59 heavy (non-hydrogen) atoms. The van der Waals surface area contributed by atoms with Crippen LogP contribution in [0.25, 0.3) is 0 Å². The summed E-state index contributed by atoms with van der Waals surface area (Å²) in [5.74, 6) is -0.476. The van der Waals surface area contributed by atoms with Gasteiger partial charge in [-0.2, -0.15) is 0 Å². The number of unbranched alkanes of at least 4 members (excludes halogenated alkanes) is 34. The standard InChI is InChI=1S/C53H103NO5/c1-4-7-10-13-16-19-22-24-26-27-30-33-36-39-42-45-51(56)50(48-55)54-52(57)47-49(44-41-38-35-32-29-21-18-15-12-9-6-3)59-53(58)46-43-40-37-34-31-28-25-23-20-17-14-11-8-5-2/h28,31,49-51,55-56H,4-27,29-30,32-48H2,1-3H3,(H,54,57)/b31-28-. The molecule has 6 heteroatoms. The molecule has 0 heterocycles. The average Bonchev–Trinajstić information content (AvgIpc) is 3.23. The molecule has 1 amide bonds. The van der Waals surface area contributed by atoms with E-state index in [1.165, 1.54) is 193 Å². The van der Waals surface area contributed by atoms with Crippen molar-refractivity contribution < 1.29 is 24.5 Å². The molecule has 0 rings (SSSR count). The summed E-state index contributed by atoms with van der Waals surface area (Å²) in [5, 5.41) is 23.8. The van der Waals surface area contributed by atoms with Crippen LogP contribution in [0.1, 0.15) is 290 Å². The maximum absolute atomic E-state index is 13.2. The van der Waals surface area contributed by atoms with Crippen molar-refractivity contribution in [3.8, 4) is 0 Å². The summed E-state index contributed by atoms with van der Waals surface area (Å²) in [6.07, 6.45) is 52.7. The van der Waals surface area contributed by atoms with Crippen LogP contribution in [0.2, 0.25) is 0 Å². The zero-order valence-corrected chi connectivity index (χ0v) is 39.9. The van der Waals surface area contributed by atoms with E-state index in [2.05, 4.69) is 38.2 Å². The minimum absolute atomic E-state index is 0.0786. The molecule has 3 atom stereocenters. The van der Waals surface area contributed by atoms with E-state index in [9.17, 15) is 19.8 Å². The Morgan fingerprint density at radius 2 is 0.814 bits per heavy atom. The number of ether oxygens (including phenoxy) is 1. The number of rotatable bonds is 48. The van der Waals surface area contributed by atoms with Gasteiger partial charge in [0, 0.05) is 6.42 Å². The zero-order chi connectivity index (χ0) is 43.1. The van der Waals surface area contributed by atoms with Gasteiger partial charge in [0.05, 0.1) is 25.2 Å². The van der Waals surface area contributed by atoms with Crippen molar-refractivity contribution in [2.75, 3.05) is 6.61 Å². The summed E-state index contributed by atoms with van der Waals surface area (Å²) in [5.41, 5.74) is 0. The van der Waals surface area contributed by atoms with Crippen LogP contribution >= 0.6 is 0 Å². The van der Waals surface area contributed by atoms with Crippen molar-refractivity contribution in [2.24, 2.45) is 0 Å². The van der Waals surface area contributed by atoms with Crippen LogP contribution < -0.4 is 5.32 Å². The minimum atomic E-state index is -0.784. The average molecular weight is 834 g/mol. The van der Waals surface area contributed by atoms with Crippen LogP contribution in [0, 0.1) is 0 Å². The number of carbonyl (C=O) groups excluding carboxylic acids is 2. The van der Waals surface area contributed by atoms with E-state index in [0.717, 1.165) is 51.4 Å². The molecule has 3 unspecified atom stereocenters. The highest BCUT2D eigenvalue weighted by molar-refractivity contribution is 5.77. The number of aliphatic hydroxyl groups is 2. The zero-order valence-electron chi connectivity index (χ0n) is 39.9. The fourth-order valence-corrected chi connectivity index (χ4v) is 8.31. The van der Waals surface area contributed by atoms with Gasteiger partial charge in [-0.15, -0.1) is 0 Å². The largest absolute Gasteiger partial charge is 0.462 e. The number of carbonyl (C=O) groups is 2. The lowest BCUT2D eigenvalue weighted by atomic mass is 10.0. The van der Waals surface area contributed by atoms with Gasteiger partial charge in [0.25, 0.3) is 0 Å². The van der Waals surface area contributed by atoms with Crippen LogP contribution in [0.3, 0.4) is 0 Å². The van der Waals surface area contributed by atoms with Crippen LogP contribution in [-0.4, -0.2) is 46.9 Å². The summed E-state index contributed by atoms with van der Waals surface area (Å²) in [7, 11) is 0. The highest BCUT2D eigenvalue weighted by Gasteiger charge is 2.24. The molecule has 0 aromatic heterocycles. The van der Waals surface area contributed by atoms with Crippen molar-refractivity contribution in [3.05, 3.63) is 12.2 Å². The van der Waals surface area contributed by atoms with Gasteiger partial charge in [0.2, 0.25) is 5.91 Å². The summed E-state index contributed by atoms with van der Waals surface area (Å²) < 4.78 is 5.92. The van der Waals surface area contributed by atoms with Crippen molar-refractivity contribution in [2.45, 2.75) is 309 Å². The second-order valence-corrected chi connectivity index (χ2v) is 18.3. The SMILES string of the molecule is CCCCCCCCC/C=C\CCCCCC(=O)OC(CCCCCCCCCCCCC)CC(=O)NC(CO)C(O)CCCCCCCCCCCCCCCCC. The van der Waals surface area contributed by atoms with Gasteiger partial charge in [-0.1, -0.05) is 238 Å². The lowest BCUT2D eigenvalue weighted by Crippen LogP contribution is -2.46. The third kappa shape index (κ3) is 43.1. The first-order valence-electron chi connectivity index (χ1n) is 26.4. The van der Waals surface area contributed by atoms with Gasteiger partial charge in [0.15, 0.2) is 0 Å². The lowest BCUT2D eigenvalue weighted by Gasteiger charge is -2.24. The summed E-state index contributed by atoms with van der Waals surface area (Å²) >= 11 is 0. The molecule has 0 radical (unpaired) electrons. The van der Waals surface area contributed by atoms with Gasteiger partial charge < -0.3 is 20.3 Å². The number of allylic oxidation sites excluding steroid dienone is 2. The Morgan fingerprint density at radius 1 is 0.475 bits per heavy atom. The van der Waals surface area contributed by atoms with Gasteiger partial charge >= 0.3 is 5.97 Å². The molecule has 0 fully saturated rings. The Morgan fingerprint density at radius 3 is 1.20 bits per heavy atom. The van der Waals surface area contributed by atoms with E-state index in [4.69, 9.17) is 4.74 Å². The van der Waals surface area contributed by atoms with Gasteiger partial charge in [-0.05, 0) is 51.4 Å². The van der Waals surface area contributed by atoms with Crippen LogP contribution in [-0.2, 0) is 14.3 Å². The van der Waals surface area contributed by atoms with E-state index in [1.807, 2.05) is 0 Å². The molecule has 0 aliphatic carbocycles. The van der Waals surface area contributed by atoms with E-state index >= 15 is 0 Å². The smallest absolute Gasteiger partial charge is 0.306 e. The Balaban J connectivity index is 4.49. The van der Waals surface area contributed by atoms with E-state index in [1.54, 1.807) is 0 Å². The Bertz CT molecular complexity index is 893. The molecule has 3 N–H and O–H groups in total. The van der Waals surface area contributed by atoms with Crippen LogP contribution in [0.5, 0.6) is 0 Å². The number of nitrogens with one attached hydrogen (secondary N) is 1. The summed E-state index contributed by atoms with van der Waals surface area (Å²) in [4.78, 5) is 26.1. The number of aliphatic hydroxyl groups excluding tert-OH is 2. The van der Waals surface area contributed by atoms with E-state index in [0.29, 0.717) is 19.3 Å². The van der Waals surface area contributed by atoms with Crippen LogP contribution in [0.15, 0.2) is 12.2 Å². The highest BCUT2D eigenvalue weighted by Crippen LogP contribution is 2.18. The molecule has 0 saturated carbocycles. The van der Waals surface area contributed by atoms with Crippen molar-refractivity contribution in [1.82, 2.24) is 5.32 Å². The molecule has 0 aliphatic rings. The molecule has 350 valence electrons. The highest BCUT2D eigenvalue weighted by atomic mass is 16.5. The first kappa shape index (κ1) is 57.6. The lowest BCUT2D eigenvalue weighted by molar-refractivity contribution is -0.151. The summed E-state index contributed by atoms with van der Waals surface area (Å²) in [6.45, 7) is 6.50. The monoisotopic (exact) mass is 834 g/mol. The number of esters is 1. The predicted molar refractivity (Wildman–Crippen MR) is 255 cm³/mol. The maximum atomic E-state index is 13.2. The third-order valence-corrected chi connectivity index (χ3v) is 12.3. The molecule has 0 aliphatic heterocycles. The Labute approximate surface area is 368 Å².